The van der Waals surface area contributed by atoms with Crippen molar-refractivity contribution in [3.05, 3.63) is 65.7 Å². The van der Waals surface area contributed by atoms with Crippen molar-refractivity contribution in [1.82, 2.24) is 13.9 Å². The van der Waals surface area contributed by atoms with Crippen LogP contribution in [0.4, 0.5) is 0 Å². The standard InChI is InChI=1S/C26H35N3O5S/c1-33-19-22-11-8-16-29(22)35(31,32)28-17-14-26(15-18-28,21-9-4-3-5-10-21)20-27-25(30)23-12-6-7-13-24(23)34-2/h3-7,9-10,12-13,22H,8,11,14-20H2,1-2H3,(H,27,30). The van der Waals surface area contributed by atoms with E-state index in [9.17, 15) is 13.2 Å². The van der Waals surface area contributed by atoms with Crippen LogP contribution in [-0.2, 0) is 20.4 Å². The molecule has 1 atom stereocenters. The molecule has 2 aliphatic heterocycles. The number of carbonyl (C=O) groups excluding carboxylic acids is 1. The molecule has 0 aliphatic carbocycles. The summed E-state index contributed by atoms with van der Waals surface area (Å²) < 4.78 is 40.7. The Labute approximate surface area is 208 Å². The van der Waals surface area contributed by atoms with Gasteiger partial charge in [0.05, 0.1) is 19.3 Å². The van der Waals surface area contributed by atoms with Crippen LogP contribution in [0.25, 0.3) is 0 Å². The first-order valence-electron chi connectivity index (χ1n) is 12.1. The predicted molar refractivity (Wildman–Crippen MR) is 135 cm³/mol. The Hall–Kier alpha value is -2.46. The van der Waals surface area contributed by atoms with E-state index in [0.717, 1.165) is 18.4 Å². The quantitative estimate of drug-likeness (QED) is 0.571. The fourth-order valence-electron chi connectivity index (χ4n) is 5.30. The lowest BCUT2D eigenvalue weighted by atomic mass is 9.73. The molecule has 190 valence electrons. The topological polar surface area (TPSA) is 88.2 Å². The van der Waals surface area contributed by atoms with Gasteiger partial charge < -0.3 is 14.8 Å². The smallest absolute Gasteiger partial charge is 0.282 e. The molecular weight excluding hydrogens is 466 g/mol. The van der Waals surface area contributed by atoms with E-state index >= 15 is 0 Å². The highest BCUT2D eigenvalue weighted by molar-refractivity contribution is 7.86. The molecule has 2 aromatic carbocycles. The Bertz CT molecular complexity index is 1100. The van der Waals surface area contributed by atoms with Crippen molar-refractivity contribution in [2.45, 2.75) is 37.1 Å². The highest BCUT2D eigenvalue weighted by Crippen LogP contribution is 2.37. The van der Waals surface area contributed by atoms with Crippen LogP contribution < -0.4 is 10.1 Å². The van der Waals surface area contributed by atoms with Gasteiger partial charge in [-0.1, -0.05) is 42.5 Å². The molecule has 2 aromatic rings. The maximum absolute atomic E-state index is 13.5. The minimum absolute atomic E-state index is 0.106. The van der Waals surface area contributed by atoms with Crippen molar-refractivity contribution in [1.29, 1.82) is 0 Å². The lowest BCUT2D eigenvalue weighted by Gasteiger charge is -2.43. The fourth-order valence-corrected chi connectivity index (χ4v) is 7.14. The third-order valence-electron chi connectivity index (χ3n) is 7.31. The summed E-state index contributed by atoms with van der Waals surface area (Å²) in [6, 6.07) is 17.1. The molecule has 9 heteroatoms. The first kappa shape index (κ1) is 25.6. The zero-order valence-corrected chi connectivity index (χ0v) is 21.3. The Morgan fingerprint density at radius 2 is 1.71 bits per heavy atom. The van der Waals surface area contributed by atoms with Gasteiger partial charge in [0.1, 0.15) is 5.75 Å². The zero-order chi connectivity index (χ0) is 24.9. The summed E-state index contributed by atoms with van der Waals surface area (Å²) in [5.74, 6) is 0.322. The Morgan fingerprint density at radius 3 is 2.40 bits per heavy atom. The Balaban J connectivity index is 1.51. The number of nitrogens with one attached hydrogen (secondary N) is 1. The summed E-state index contributed by atoms with van der Waals surface area (Å²) in [6.07, 6.45) is 2.91. The van der Waals surface area contributed by atoms with Crippen molar-refractivity contribution in [3.63, 3.8) is 0 Å². The van der Waals surface area contributed by atoms with E-state index in [0.29, 0.717) is 56.9 Å². The highest BCUT2D eigenvalue weighted by Gasteiger charge is 2.43. The van der Waals surface area contributed by atoms with Crippen LogP contribution in [0, 0.1) is 0 Å². The van der Waals surface area contributed by atoms with Crippen molar-refractivity contribution in [2.75, 3.05) is 47.0 Å². The van der Waals surface area contributed by atoms with Gasteiger partial charge >= 0.3 is 0 Å². The molecule has 1 N–H and O–H groups in total. The third kappa shape index (κ3) is 5.38. The van der Waals surface area contributed by atoms with E-state index in [1.54, 1.807) is 35.0 Å². The normalized spacial score (nSPS) is 21.0. The molecule has 1 amide bonds. The molecule has 0 spiro atoms. The van der Waals surface area contributed by atoms with Gasteiger partial charge in [-0.05, 0) is 43.4 Å². The number of benzene rings is 2. The number of amides is 1. The fraction of sp³-hybridized carbons (Fsp3) is 0.500. The van der Waals surface area contributed by atoms with Gasteiger partial charge in [-0.2, -0.15) is 17.0 Å². The third-order valence-corrected chi connectivity index (χ3v) is 9.40. The first-order valence-corrected chi connectivity index (χ1v) is 13.5. The van der Waals surface area contributed by atoms with Gasteiger partial charge in [-0.15, -0.1) is 0 Å². The van der Waals surface area contributed by atoms with Gasteiger partial charge in [-0.25, -0.2) is 0 Å². The Morgan fingerprint density at radius 1 is 1.03 bits per heavy atom. The van der Waals surface area contributed by atoms with Crippen LogP contribution in [0.3, 0.4) is 0 Å². The molecule has 0 radical (unpaired) electrons. The van der Waals surface area contributed by atoms with Crippen molar-refractivity contribution >= 4 is 16.1 Å². The summed E-state index contributed by atoms with van der Waals surface area (Å²) >= 11 is 0. The number of hydrogen-bond donors (Lipinski definition) is 1. The van der Waals surface area contributed by atoms with E-state index in [1.165, 1.54) is 0 Å². The highest BCUT2D eigenvalue weighted by atomic mass is 32.2. The minimum atomic E-state index is -3.57. The van der Waals surface area contributed by atoms with Crippen molar-refractivity contribution < 1.29 is 22.7 Å². The minimum Gasteiger partial charge on any atom is -0.496 e. The number of nitrogens with zero attached hydrogens (tertiary/aromatic N) is 2. The summed E-state index contributed by atoms with van der Waals surface area (Å²) in [5.41, 5.74) is 1.23. The molecule has 2 aliphatic rings. The van der Waals surface area contributed by atoms with Crippen LogP contribution in [-0.4, -0.2) is 76.0 Å². The largest absolute Gasteiger partial charge is 0.496 e. The van der Waals surface area contributed by atoms with Crippen molar-refractivity contribution in [3.8, 4) is 5.75 Å². The molecular formula is C26H35N3O5S. The maximum atomic E-state index is 13.5. The molecule has 2 fully saturated rings. The number of ether oxygens (including phenoxy) is 2. The van der Waals surface area contributed by atoms with Gasteiger partial charge in [0.25, 0.3) is 16.1 Å². The molecule has 2 heterocycles. The molecule has 0 bridgehead atoms. The first-order chi connectivity index (χ1) is 16.9. The lowest BCUT2D eigenvalue weighted by Crippen LogP contribution is -2.54. The lowest BCUT2D eigenvalue weighted by molar-refractivity contribution is 0.0928. The number of carbonyl (C=O) groups is 1. The second-order valence-electron chi connectivity index (χ2n) is 9.30. The summed E-state index contributed by atoms with van der Waals surface area (Å²) in [5, 5.41) is 3.10. The van der Waals surface area contributed by atoms with Gasteiger partial charge in [0.2, 0.25) is 0 Å². The van der Waals surface area contributed by atoms with Crippen LogP contribution in [0.5, 0.6) is 5.75 Å². The SMILES string of the molecule is COCC1CCCN1S(=O)(=O)N1CCC(CNC(=O)c2ccccc2OC)(c2ccccc2)CC1. The second-order valence-corrected chi connectivity index (χ2v) is 11.2. The van der Waals surface area contributed by atoms with E-state index < -0.39 is 10.2 Å². The molecule has 2 saturated heterocycles. The molecule has 35 heavy (non-hydrogen) atoms. The van der Waals surface area contributed by atoms with E-state index in [4.69, 9.17) is 9.47 Å². The van der Waals surface area contributed by atoms with Gasteiger partial charge in [-0.3, -0.25) is 4.79 Å². The second kappa shape index (κ2) is 11.1. The van der Waals surface area contributed by atoms with Crippen molar-refractivity contribution in [2.24, 2.45) is 0 Å². The number of rotatable bonds is 9. The van der Waals surface area contributed by atoms with Crippen LogP contribution >= 0.6 is 0 Å². The van der Waals surface area contributed by atoms with E-state index in [2.05, 4.69) is 17.4 Å². The number of hydrogen-bond acceptors (Lipinski definition) is 5. The number of piperidine rings is 1. The average Bonchev–Trinajstić information content (AvgIpc) is 3.37. The summed E-state index contributed by atoms with van der Waals surface area (Å²) in [7, 11) is -0.410. The molecule has 0 saturated carbocycles. The monoisotopic (exact) mass is 501 g/mol. The summed E-state index contributed by atoms with van der Waals surface area (Å²) in [6.45, 7) is 2.16. The average molecular weight is 502 g/mol. The maximum Gasteiger partial charge on any atom is 0.282 e. The van der Waals surface area contributed by atoms with E-state index in [1.807, 2.05) is 30.3 Å². The van der Waals surface area contributed by atoms with Crippen LogP contribution in [0.15, 0.2) is 54.6 Å². The van der Waals surface area contributed by atoms with Crippen LogP contribution in [0.2, 0.25) is 0 Å². The van der Waals surface area contributed by atoms with Gasteiger partial charge in [0, 0.05) is 44.7 Å². The van der Waals surface area contributed by atoms with Crippen LogP contribution in [0.1, 0.15) is 41.6 Å². The predicted octanol–water partition coefficient (Wildman–Crippen LogP) is 2.81. The van der Waals surface area contributed by atoms with E-state index in [-0.39, 0.29) is 17.4 Å². The Kier molecular flexibility index (Phi) is 8.11. The molecule has 1 unspecified atom stereocenters. The number of para-hydroxylation sites is 1. The number of methoxy groups -OCH3 is 2. The molecule has 4 rings (SSSR count). The molecule has 8 nitrogen and oxygen atoms in total. The van der Waals surface area contributed by atoms with Gasteiger partial charge in [0.15, 0.2) is 0 Å². The zero-order valence-electron chi connectivity index (χ0n) is 20.5. The summed E-state index contributed by atoms with van der Waals surface area (Å²) in [4.78, 5) is 13.0. The molecule has 0 aromatic heterocycles.